The fraction of sp³-hybridized carbons (Fsp3) is 0.746. The number of esters is 3. The van der Waals surface area contributed by atoms with Crippen LogP contribution in [-0.2, 0) is 28.6 Å². The lowest BCUT2D eigenvalue weighted by molar-refractivity contribution is -0.167. The number of carbonyl (C=O) groups excluding carboxylic acids is 3. The molecule has 0 saturated carbocycles. The minimum Gasteiger partial charge on any atom is -0.462 e. The second kappa shape index (κ2) is 61.1. The second-order valence-electron chi connectivity index (χ2n) is 20.6. The molecule has 0 radical (unpaired) electrons. The fourth-order valence-corrected chi connectivity index (χ4v) is 8.79. The molecule has 0 amide bonds. The third-order valence-electron chi connectivity index (χ3n) is 13.4. The molecule has 0 rings (SSSR count). The van der Waals surface area contributed by atoms with Crippen LogP contribution in [0.15, 0.2) is 85.1 Å². The Labute approximate surface area is 452 Å². The van der Waals surface area contributed by atoms with E-state index in [1.54, 1.807) is 0 Å². The number of hydrogen-bond acceptors (Lipinski definition) is 6. The van der Waals surface area contributed by atoms with Crippen LogP contribution < -0.4 is 0 Å². The van der Waals surface area contributed by atoms with E-state index in [-0.39, 0.29) is 37.5 Å². The molecule has 0 aromatic rings. The number of unbranched alkanes of at least 4 members (excludes halogenated alkanes) is 31. The molecule has 0 aliphatic carbocycles. The van der Waals surface area contributed by atoms with Gasteiger partial charge in [0.15, 0.2) is 6.10 Å². The summed E-state index contributed by atoms with van der Waals surface area (Å²) in [6, 6.07) is 0. The van der Waals surface area contributed by atoms with Crippen LogP contribution in [0.4, 0.5) is 0 Å². The van der Waals surface area contributed by atoms with Crippen molar-refractivity contribution in [2.75, 3.05) is 13.2 Å². The predicted octanol–water partition coefficient (Wildman–Crippen LogP) is 21.1. The summed E-state index contributed by atoms with van der Waals surface area (Å²) in [7, 11) is 0. The molecule has 1 atom stereocenters. The van der Waals surface area contributed by atoms with E-state index >= 15 is 0 Å². The van der Waals surface area contributed by atoms with Crippen molar-refractivity contribution in [1.82, 2.24) is 0 Å². The minimum absolute atomic E-state index is 0.0907. The van der Waals surface area contributed by atoms with Crippen molar-refractivity contribution in [1.29, 1.82) is 0 Å². The highest BCUT2D eigenvalue weighted by Crippen LogP contribution is 2.17. The van der Waals surface area contributed by atoms with Crippen molar-refractivity contribution >= 4 is 17.9 Å². The van der Waals surface area contributed by atoms with Crippen LogP contribution in [-0.4, -0.2) is 37.2 Å². The number of rotatable bonds is 56. The lowest BCUT2D eigenvalue weighted by atomic mass is 10.0. The molecule has 6 nitrogen and oxygen atoms in total. The smallest absolute Gasteiger partial charge is 0.306 e. The molecule has 6 heteroatoms. The first-order chi connectivity index (χ1) is 36.0. The summed E-state index contributed by atoms with van der Waals surface area (Å²) in [6.07, 6.45) is 80.2. The van der Waals surface area contributed by atoms with Gasteiger partial charge in [0.05, 0.1) is 0 Å². The van der Waals surface area contributed by atoms with E-state index in [1.165, 1.54) is 167 Å². The first-order valence-corrected chi connectivity index (χ1v) is 31.1. The quantitative estimate of drug-likeness (QED) is 0.0261. The standard InChI is InChI=1S/C67H116O6/c1-4-7-10-13-16-19-22-24-26-28-30-32-33-35-36-38-40-42-45-48-51-54-57-60-66(69)72-63-64(62-71-65(68)59-56-53-50-47-44-21-18-15-12-9-6-3)73-67(70)61-58-55-52-49-46-43-41-39-37-34-31-29-27-25-23-20-17-14-11-8-5-2/h7,10,16,19,24,26,30,32,35-36,40,42,48,51,64H,4-6,8-9,11-15,17-18,20-23,25,27-29,31,33-34,37-39,41,43-47,49-50,52-63H2,1-3H3/b10-7-,19-16-,26-24-,32-30-,36-35-,42-40-,51-48-. The second-order valence-corrected chi connectivity index (χ2v) is 20.6. The maximum Gasteiger partial charge on any atom is 0.306 e. The van der Waals surface area contributed by atoms with Crippen LogP contribution in [0.3, 0.4) is 0 Å². The highest BCUT2D eigenvalue weighted by atomic mass is 16.6. The molecular weight excluding hydrogens is 901 g/mol. The fourth-order valence-electron chi connectivity index (χ4n) is 8.79. The van der Waals surface area contributed by atoms with Gasteiger partial charge in [-0.2, -0.15) is 0 Å². The average molecular weight is 1020 g/mol. The van der Waals surface area contributed by atoms with Crippen molar-refractivity contribution in [3.8, 4) is 0 Å². The van der Waals surface area contributed by atoms with Crippen LogP contribution in [0.1, 0.15) is 303 Å². The molecule has 0 aliphatic heterocycles. The highest BCUT2D eigenvalue weighted by Gasteiger charge is 2.19. The molecule has 0 heterocycles. The van der Waals surface area contributed by atoms with E-state index in [4.69, 9.17) is 14.2 Å². The molecule has 1 unspecified atom stereocenters. The lowest BCUT2D eigenvalue weighted by Crippen LogP contribution is -2.30. The van der Waals surface area contributed by atoms with Gasteiger partial charge in [0.1, 0.15) is 13.2 Å². The molecular formula is C67H116O6. The Balaban J connectivity index is 4.38. The number of allylic oxidation sites excluding steroid dienone is 14. The summed E-state index contributed by atoms with van der Waals surface area (Å²) in [5.41, 5.74) is 0. The van der Waals surface area contributed by atoms with E-state index in [2.05, 4.69) is 106 Å². The summed E-state index contributed by atoms with van der Waals surface area (Å²) in [4.78, 5) is 38.2. The molecule has 0 aromatic heterocycles. The number of ether oxygens (including phenoxy) is 3. The van der Waals surface area contributed by atoms with Gasteiger partial charge in [0.2, 0.25) is 0 Å². The lowest BCUT2D eigenvalue weighted by Gasteiger charge is -2.18. The minimum atomic E-state index is -0.797. The van der Waals surface area contributed by atoms with Crippen LogP contribution in [0.25, 0.3) is 0 Å². The molecule has 0 aliphatic rings. The van der Waals surface area contributed by atoms with Crippen LogP contribution in [0.5, 0.6) is 0 Å². The van der Waals surface area contributed by atoms with Gasteiger partial charge in [-0.05, 0) is 70.6 Å². The first-order valence-electron chi connectivity index (χ1n) is 31.1. The van der Waals surface area contributed by atoms with Crippen molar-refractivity contribution in [2.45, 2.75) is 309 Å². The number of carbonyl (C=O) groups is 3. The summed E-state index contributed by atoms with van der Waals surface area (Å²) < 4.78 is 16.8. The Morgan fingerprint density at radius 3 is 0.836 bits per heavy atom. The zero-order valence-electron chi connectivity index (χ0n) is 48.1. The van der Waals surface area contributed by atoms with Gasteiger partial charge in [0, 0.05) is 19.3 Å². The van der Waals surface area contributed by atoms with Gasteiger partial charge in [-0.1, -0.05) is 298 Å². The summed E-state index contributed by atoms with van der Waals surface area (Å²) in [5, 5.41) is 0. The van der Waals surface area contributed by atoms with Crippen LogP contribution in [0, 0.1) is 0 Å². The molecule has 0 fully saturated rings. The monoisotopic (exact) mass is 1020 g/mol. The zero-order valence-corrected chi connectivity index (χ0v) is 48.1. The molecule has 0 aromatic carbocycles. The van der Waals surface area contributed by atoms with E-state index in [9.17, 15) is 14.4 Å². The maximum atomic E-state index is 12.9. The normalized spacial score (nSPS) is 12.6. The van der Waals surface area contributed by atoms with Gasteiger partial charge in [-0.15, -0.1) is 0 Å². The van der Waals surface area contributed by atoms with E-state index in [0.29, 0.717) is 19.3 Å². The summed E-state index contributed by atoms with van der Waals surface area (Å²) in [6.45, 7) is 6.50. The topological polar surface area (TPSA) is 78.9 Å². The van der Waals surface area contributed by atoms with Crippen molar-refractivity contribution in [2.24, 2.45) is 0 Å². The average Bonchev–Trinajstić information content (AvgIpc) is 3.39. The molecule has 0 saturated heterocycles. The Bertz CT molecular complexity index is 1400. The van der Waals surface area contributed by atoms with Crippen LogP contribution in [0.2, 0.25) is 0 Å². The van der Waals surface area contributed by atoms with Gasteiger partial charge in [-0.25, -0.2) is 0 Å². The Hall–Kier alpha value is -3.41. The SMILES string of the molecule is CC/C=C\C/C=C\C/C=C\C/C=C\C/C=C\C/C=C\C/C=C\CCCC(=O)OCC(COC(=O)CCCCCCCCCCCCC)OC(=O)CCCCCCCCCCCCCCCCCCCCCCC. The Morgan fingerprint density at radius 1 is 0.288 bits per heavy atom. The van der Waals surface area contributed by atoms with E-state index in [0.717, 1.165) is 89.9 Å². The summed E-state index contributed by atoms with van der Waals surface area (Å²) in [5.74, 6) is -0.941. The highest BCUT2D eigenvalue weighted by molar-refractivity contribution is 5.71. The maximum absolute atomic E-state index is 12.9. The Kier molecular flexibility index (Phi) is 58.3. The van der Waals surface area contributed by atoms with Crippen molar-refractivity contribution in [3.63, 3.8) is 0 Å². The number of hydrogen-bond donors (Lipinski definition) is 0. The third-order valence-corrected chi connectivity index (χ3v) is 13.4. The van der Waals surface area contributed by atoms with Gasteiger partial charge in [0.25, 0.3) is 0 Å². The summed E-state index contributed by atoms with van der Waals surface area (Å²) >= 11 is 0. The Morgan fingerprint density at radius 2 is 0.534 bits per heavy atom. The predicted molar refractivity (Wildman–Crippen MR) is 316 cm³/mol. The van der Waals surface area contributed by atoms with Gasteiger partial charge >= 0.3 is 17.9 Å². The molecule has 0 N–H and O–H groups in total. The first kappa shape index (κ1) is 69.6. The van der Waals surface area contributed by atoms with E-state index < -0.39 is 6.10 Å². The molecule has 420 valence electrons. The van der Waals surface area contributed by atoms with Gasteiger partial charge < -0.3 is 14.2 Å². The van der Waals surface area contributed by atoms with E-state index in [1.807, 2.05) is 0 Å². The van der Waals surface area contributed by atoms with Crippen molar-refractivity contribution in [3.05, 3.63) is 85.1 Å². The van der Waals surface area contributed by atoms with Crippen LogP contribution >= 0.6 is 0 Å². The van der Waals surface area contributed by atoms with Gasteiger partial charge in [-0.3, -0.25) is 14.4 Å². The third kappa shape index (κ3) is 59.3. The molecule has 0 spiro atoms. The largest absolute Gasteiger partial charge is 0.462 e. The molecule has 0 bridgehead atoms. The molecule has 73 heavy (non-hydrogen) atoms. The zero-order chi connectivity index (χ0) is 52.9. The van der Waals surface area contributed by atoms with Crippen molar-refractivity contribution < 1.29 is 28.6 Å².